The van der Waals surface area contributed by atoms with Crippen molar-refractivity contribution in [1.82, 2.24) is 13.1 Å². The number of thiocarbonyl (C=S) groups is 1. The highest BCUT2D eigenvalue weighted by Crippen LogP contribution is 2.65. The minimum atomic E-state index is -3.06. The molecule has 0 heterocycles. The Bertz CT molecular complexity index is 619. The van der Waals surface area contributed by atoms with E-state index in [0.29, 0.717) is 17.9 Å². The Morgan fingerprint density at radius 2 is 1.88 bits per heavy atom. The first kappa shape index (κ1) is 23.5. The molecule has 0 radical (unpaired) electrons. The molecule has 0 aliphatic heterocycles. The lowest BCUT2D eigenvalue weighted by molar-refractivity contribution is -0.113. The van der Waals surface area contributed by atoms with Crippen LogP contribution in [0.25, 0.3) is 0 Å². The van der Waals surface area contributed by atoms with Crippen molar-refractivity contribution in [1.29, 1.82) is 0 Å². The van der Waals surface area contributed by atoms with Gasteiger partial charge in [0, 0.05) is 32.0 Å². The molecule has 1 atom stereocenters. The molecule has 146 valence electrons. The van der Waals surface area contributed by atoms with E-state index in [1.807, 2.05) is 41.6 Å². The molecule has 26 heavy (non-hydrogen) atoms. The largest absolute Gasteiger partial charge is 0.307 e. The molecule has 0 fully saturated rings. The number of nitrogens with zero attached hydrogens (tertiary/aromatic N) is 3. The third-order valence-corrected chi connectivity index (χ3v) is 11.5. The molecule has 0 aliphatic rings. The summed E-state index contributed by atoms with van der Waals surface area (Å²) in [7, 11) is 3.33. The van der Waals surface area contributed by atoms with E-state index >= 15 is 0 Å². The maximum Gasteiger partial charge on any atom is 0.307 e. The van der Waals surface area contributed by atoms with Crippen LogP contribution in [0.15, 0.2) is 30.3 Å². The van der Waals surface area contributed by atoms with Crippen molar-refractivity contribution < 1.29 is 9.36 Å². The first-order valence-electron chi connectivity index (χ1n) is 8.52. The van der Waals surface area contributed by atoms with Crippen LogP contribution in [0.2, 0.25) is 0 Å². The lowest BCUT2D eigenvalue weighted by Crippen LogP contribution is -2.27. The Kier molecular flexibility index (Phi) is 10.9. The molecule has 0 N–H and O–H groups in total. The molecular weight excluding hydrogens is 405 g/mol. The van der Waals surface area contributed by atoms with Crippen molar-refractivity contribution in [2.75, 3.05) is 19.8 Å². The summed E-state index contributed by atoms with van der Waals surface area (Å²) in [4.78, 5) is 12.0. The first-order chi connectivity index (χ1) is 12.3. The normalized spacial score (nSPS) is 13.3. The van der Waals surface area contributed by atoms with E-state index in [0.717, 1.165) is 30.6 Å². The molecule has 1 aromatic rings. The quantitative estimate of drug-likeness (QED) is 0.143. The number of carbonyl (C=O) groups excluding carboxylic acids is 1. The number of hydrogen-bond donors (Lipinski definition) is 0. The van der Waals surface area contributed by atoms with Gasteiger partial charge >= 0.3 is 6.65 Å². The van der Waals surface area contributed by atoms with Gasteiger partial charge in [-0.25, -0.2) is 0 Å². The number of hydrogen-bond acceptors (Lipinski definition) is 5. The highest BCUT2D eigenvalue weighted by Gasteiger charge is 2.35. The summed E-state index contributed by atoms with van der Waals surface area (Å²) >= 11 is 8.03. The van der Waals surface area contributed by atoms with Gasteiger partial charge in [0.05, 0.1) is 11.5 Å². The van der Waals surface area contributed by atoms with Gasteiger partial charge in [-0.2, -0.15) is 4.08 Å². The monoisotopic (exact) mass is 433 g/mol. The smallest absolute Gasteiger partial charge is 0.293 e. The minimum absolute atomic E-state index is 0.608. The Morgan fingerprint density at radius 1 is 1.23 bits per heavy atom. The summed E-state index contributed by atoms with van der Waals surface area (Å²) in [5, 5.41) is 0. The summed E-state index contributed by atoms with van der Waals surface area (Å²) in [5.41, 5.74) is 1.12. The summed E-state index contributed by atoms with van der Waals surface area (Å²) < 4.78 is 18.4. The molecule has 0 bridgehead atoms. The first-order valence-corrected chi connectivity index (χ1v) is 12.9. The molecule has 0 saturated heterocycles. The average molecular weight is 434 g/mol. The van der Waals surface area contributed by atoms with Crippen LogP contribution in [-0.4, -0.2) is 44.3 Å². The standard InChI is InChI=1S/C17H28N3O2PS3/c1-5-6-10-13-25-23(22,18(3)15-21)19(4)26-20(16(2)24)14-17-11-8-7-9-12-17/h7-9,11-12,15H,5-6,10,13-14H2,1-4H3. The second kappa shape index (κ2) is 12.0. The van der Waals surface area contributed by atoms with Crippen LogP contribution in [0.4, 0.5) is 0 Å². The highest BCUT2D eigenvalue weighted by molar-refractivity contribution is 8.57. The van der Waals surface area contributed by atoms with E-state index in [1.165, 1.54) is 28.2 Å². The molecule has 1 amide bonds. The van der Waals surface area contributed by atoms with Crippen molar-refractivity contribution in [3.63, 3.8) is 0 Å². The van der Waals surface area contributed by atoms with Gasteiger partial charge in [0.1, 0.15) is 0 Å². The highest BCUT2D eigenvalue weighted by atomic mass is 32.7. The molecule has 0 aromatic heterocycles. The van der Waals surface area contributed by atoms with E-state index in [2.05, 4.69) is 6.92 Å². The van der Waals surface area contributed by atoms with Gasteiger partial charge < -0.3 is 0 Å². The fourth-order valence-corrected chi connectivity index (χ4v) is 8.23. The van der Waals surface area contributed by atoms with Crippen molar-refractivity contribution in [2.24, 2.45) is 0 Å². The van der Waals surface area contributed by atoms with Gasteiger partial charge in [-0.15, -0.1) is 0 Å². The second-order valence-corrected chi connectivity index (χ2v) is 12.9. The Hall–Kier alpha value is -0.530. The third kappa shape index (κ3) is 7.24. The van der Waals surface area contributed by atoms with Crippen molar-refractivity contribution in [2.45, 2.75) is 39.7 Å². The number of unbranched alkanes of at least 4 members (excludes halogenated alkanes) is 2. The fourth-order valence-electron chi connectivity index (χ4n) is 2.10. The lowest BCUT2D eigenvalue weighted by Gasteiger charge is -2.34. The molecule has 1 unspecified atom stereocenters. The zero-order valence-electron chi connectivity index (χ0n) is 15.8. The SMILES string of the molecule is CCCCCSP(=O)(N(C)C=O)N(C)SN(Cc1ccccc1)C(C)=S. The minimum Gasteiger partial charge on any atom is -0.293 e. The second-order valence-electron chi connectivity index (χ2n) is 5.80. The molecule has 0 aliphatic carbocycles. The number of rotatable bonds is 12. The maximum atomic E-state index is 13.5. The summed E-state index contributed by atoms with van der Waals surface area (Å²) in [6, 6.07) is 9.99. The molecular formula is C17H28N3O2PS3. The van der Waals surface area contributed by atoms with Crippen LogP contribution < -0.4 is 0 Å². The maximum absolute atomic E-state index is 13.5. The van der Waals surface area contributed by atoms with E-state index in [4.69, 9.17) is 12.2 Å². The van der Waals surface area contributed by atoms with Gasteiger partial charge in [-0.1, -0.05) is 73.7 Å². The predicted molar refractivity (Wildman–Crippen MR) is 119 cm³/mol. The average Bonchev–Trinajstić information content (AvgIpc) is 2.64. The Labute approximate surface area is 171 Å². The zero-order valence-corrected chi connectivity index (χ0v) is 19.2. The summed E-state index contributed by atoms with van der Waals surface area (Å²) in [5.74, 6) is 0.753. The van der Waals surface area contributed by atoms with Crippen LogP contribution in [0.3, 0.4) is 0 Å². The summed E-state index contributed by atoms with van der Waals surface area (Å²) in [6.45, 7) is 1.53. The molecule has 1 rings (SSSR count). The van der Waals surface area contributed by atoms with Crippen LogP contribution >= 0.6 is 42.4 Å². The Morgan fingerprint density at radius 3 is 2.42 bits per heavy atom. The molecule has 1 aromatic carbocycles. The Balaban J connectivity index is 2.86. The van der Waals surface area contributed by atoms with Crippen LogP contribution in [0.5, 0.6) is 0 Å². The van der Waals surface area contributed by atoms with Gasteiger partial charge in [-0.05, 0) is 18.9 Å². The zero-order chi connectivity index (χ0) is 19.6. The molecule has 5 nitrogen and oxygen atoms in total. The fraction of sp³-hybridized carbons (Fsp3) is 0.529. The number of carbonyl (C=O) groups is 1. The predicted octanol–water partition coefficient (Wildman–Crippen LogP) is 5.45. The lowest BCUT2D eigenvalue weighted by atomic mass is 10.2. The third-order valence-electron chi connectivity index (χ3n) is 3.65. The van der Waals surface area contributed by atoms with E-state index in [-0.39, 0.29) is 0 Å². The molecule has 9 heteroatoms. The van der Waals surface area contributed by atoms with E-state index < -0.39 is 6.65 Å². The van der Waals surface area contributed by atoms with Crippen molar-refractivity contribution >= 4 is 53.8 Å². The van der Waals surface area contributed by atoms with E-state index in [9.17, 15) is 9.36 Å². The number of amides is 1. The van der Waals surface area contributed by atoms with Gasteiger partial charge in [0.15, 0.2) is 0 Å². The van der Waals surface area contributed by atoms with Gasteiger partial charge in [-0.3, -0.25) is 18.3 Å². The topological polar surface area (TPSA) is 43.9 Å². The molecule has 0 spiro atoms. The van der Waals surface area contributed by atoms with Gasteiger partial charge in [0.25, 0.3) is 0 Å². The molecule has 0 saturated carbocycles. The van der Waals surface area contributed by atoms with Gasteiger partial charge in [0.2, 0.25) is 6.41 Å². The van der Waals surface area contributed by atoms with Crippen molar-refractivity contribution in [3.05, 3.63) is 35.9 Å². The van der Waals surface area contributed by atoms with Crippen LogP contribution in [0.1, 0.15) is 38.7 Å². The van der Waals surface area contributed by atoms with E-state index in [1.54, 1.807) is 18.2 Å². The van der Waals surface area contributed by atoms with Crippen LogP contribution in [0, 0.1) is 0 Å². The summed E-state index contributed by atoms with van der Waals surface area (Å²) in [6.07, 6.45) is 3.81. The number of benzene rings is 1. The van der Waals surface area contributed by atoms with Crippen LogP contribution in [-0.2, 0) is 15.9 Å². The van der Waals surface area contributed by atoms with Crippen molar-refractivity contribution in [3.8, 4) is 0 Å².